The van der Waals surface area contributed by atoms with Crippen LogP contribution in [0.5, 0.6) is 0 Å². The normalized spacial score (nSPS) is 16.1. The molecule has 1 aliphatic carbocycles. The van der Waals surface area contributed by atoms with Crippen molar-refractivity contribution < 1.29 is 4.79 Å². The van der Waals surface area contributed by atoms with E-state index in [4.69, 9.17) is 5.73 Å². The van der Waals surface area contributed by atoms with Crippen LogP contribution < -0.4 is 11.1 Å². The number of carbonyl (C=O) groups excluding carboxylic acids is 1. The predicted molar refractivity (Wildman–Crippen MR) is 87.1 cm³/mol. The zero-order chi connectivity index (χ0) is 15.1. The van der Waals surface area contributed by atoms with Crippen molar-refractivity contribution in [1.29, 1.82) is 0 Å². The molecule has 0 spiro atoms. The average molecular weight is 289 g/mol. The summed E-state index contributed by atoms with van der Waals surface area (Å²) in [5.74, 6) is 0.0681. The summed E-state index contributed by atoms with van der Waals surface area (Å²) in [6.07, 6.45) is 7.09. The van der Waals surface area contributed by atoms with Gasteiger partial charge in [-0.05, 0) is 31.5 Å². The summed E-state index contributed by atoms with van der Waals surface area (Å²) in [5, 5.41) is 2.97. The molecule has 1 saturated carbocycles. The molecular weight excluding hydrogens is 262 g/mol. The molecule has 0 bridgehead atoms. The monoisotopic (exact) mass is 289 g/mol. The number of anilines is 1. The fraction of sp³-hybridized carbons (Fsp3) is 0.588. The lowest BCUT2D eigenvalue weighted by molar-refractivity contribution is -0.116. The lowest BCUT2D eigenvalue weighted by Crippen LogP contribution is -2.35. The van der Waals surface area contributed by atoms with E-state index in [1.54, 1.807) is 0 Å². The van der Waals surface area contributed by atoms with Gasteiger partial charge < -0.3 is 16.0 Å². The van der Waals surface area contributed by atoms with Crippen LogP contribution in [0, 0.1) is 0 Å². The van der Waals surface area contributed by atoms with Crippen LogP contribution in [0.3, 0.4) is 0 Å². The van der Waals surface area contributed by atoms with E-state index < -0.39 is 0 Å². The molecule has 1 amide bonds. The molecule has 4 nitrogen and oxygen atoms in total. The third-order valence-corrected chi connectivity index (χ3v) is 4.40. The summed E-state index contributed by atoms with van der Waals surface area (Å²) in [4.78, 5) is 14.4. The third-order valence-electron chi connectivity index (χ3n) is 4.40. The molecule has 3 N–H and O–H groups in total. The van der Waals surface area contributed by atoms with Crippen molar-refractivity contribution in [1.82, 2.24) is 4.90 Å². The van der Waals surface area contributed by atoms with Gasteiger partial charge in [0.2, 0.25) is 5.91 Å². The number of nitrogens with zero attached hydrogens (tertiary/aromatic N) is 1. The summed E-state index contributed by atoms with van der Waals surface area (Å²) in [5.41, 5.74) is 7.50. The van der Waals surface area contributed by atoms with Crippen molar-refractivity contribution in [3.05, 3.63) is 29.8 Å². The molecule has 1 aliphatic rings. The highest BCUT2D eigenvalue weighted by Gasteiger charge is 2.18. The van der Waals surface area contributed by atoms with Gasteiger partial charge in [-0.25, -0.2) is 0 Å². The Morgan fingerprint density at radius 3 is 2.71 bits per heavy atom. The maximum absolute atomic E-state index is 12.1. The van der Waals surface area contributed by atoms with Gasteiger partial charge >= 0.3 is 0 Å². The van der Waals surface area contributed by atoms with Gasteiger partial charge in [0.05, 0.1) is 0 Å². The molecule has 2 rings (SSSR count). The first kappa shape index (κ1) is 16.0. The lowest BCUT2D eigenvalue weighted by atomic mass is 9.94. The largest absolute Gasteiger partial charge is 0.326 e. The van der Waals surface area contributed by atoms with E-state index in [1.165, 1.54) is 32.1 Å². The fourth-order valence-corrected chi connectivity index (χ4v) is 3.02. The molecule has 1 aromatic rings. The SMILES string of the molecule is CN(CCC(=O)Nc1ccccc1CN)C1CCCCC1. The van der Waals surface area contributed by atoms with Crippen LogP contribution in [0.25, 0.3) is 0 Å². The number of hydrogen-bond donors (Lipinski definition) is 2. The van der Waals surface area contributed by atoms with Gasteiger partial charge in [-0.3, -0.25) is 4.79 Å². The van der Waals surface area contributed by atoms with Crippen molar-refractivity contribution in [3.8, 4) is 0 Å². The van der Waals surface area contributed by atoms with Crippen molar-refractivity contribution in [3.63, 3.8) is 0 Å². The molecule has 0 radical (unpaired) electrons. The van der Waals surface area contributed by atoms with Crippen molar-refractivity contribution in [2.45, 2.75) is 51.1 Å². The van der Waals surface area contributed by atoms with Crippen LogP contribution in [0.2, 0.25) is 0 Å². The highest BCUT2D eigenvalue weighted by molar-refractivity contribution is 5.91. The number of carbonyl (C=O) groups is 1. The number of rotatable bonds is 6. The molecule has 0 unspecified atom stereocenters. The first-order chi connectivity index (χ1) is 10.2. The molecule has 1 fully saturated rings. The Morgan fingerprint density at radius 1 is 1.29 bits per heavy atom. The van der Waals surface area contributed by atoms with Crippen LogP contribution in [-0.4, -0.2) is 30.4 Å². The molecule has 0 atom stereocenters. The maximum Gasteiger partial charge on any atom is 0.225 e. The second-order valence-electron chi connectivity index (χ2n) is 5.93. The van der Waals surface area contributed by atoms with E-state index in [1.807, 2.05) is 24.3 Å². The Balaban J connectivity index is 1.79. The van der Waals surface area contributed by atoms with Gasteiger partial charge in [0.1, 0.15) is 0 Å². The van der Waals surface area contributed by atoms with E-state index in [9.17, 15) is 4.79 Å². The van der Waals surface area contributed by atoms with Gasteiger partial charge in [-0.2, -0.15) is 0 Å². The number of nitrogens with one attached hydrogen (secondary N) is 1. The van der Waals surface area contributed by atoms with Crippen LogP contribution in [0.15, 0.2) is 24.3 Å². The topological polar surface area (TPSA) is 58.4 Å². The van der Waals surface area contributed by atoms with Gasteiger partial charge in [-0.15, -0.1) is 0 Å². The highest BCUT2D eigenvalue weighted by Crippen LogP contribution is 2.21. The zero-order valence-electron chi connectivity index (χ0n) is 13.0. The van der Waals surface area contributed by atoms with E-state index in [2.05, 4.69) is 17.3 Å². The maximum atomic E-state index is 12.1. The zero-order valence-corrected chi connectivity index (χ0v) is 13.0. The molecule has 0 aromatic heterocycles. The minimum Gasteiger partial charge on any atom is -0.326 e. The van der Waals surface area contributed by atoms with E-state index in [0.717, 1.165) is 17.8 Å². The van der Waals surface area contributed by atoms with Crippen LogP contribution in [0.4, 0.5) is 5.69 Å². The fourth-order valence-electron chi connectivity index (χ4n) is 3.02. The van der Waals surface area contributed by atoms with Crippen molar-refractivity contribution in [2.24, 2.45) is 5.73 Å². The van der Waals surface area contributed by atoms with Crippen molar-refractivity contribution in [2.75, 3.05) is 18.9 Å². The number of para-hydroxylation sites is 1. The minimum absolute atomic E-state index is 0.0681. The van der Waals surface area contributed by atoms with Gasteiger partial charge in [0.25, 0.3) is 0 Å². The molecular formula is C17H27N3O. The number of benzene rings is 1. The molecule has 4 heteroatoms. The molecule has 0 saturated heterocycles. The number of hydrogen-bond acceptors (Lipinski definition) is 3. The third kappa shape index (κ3) is 4.83. The Bertz CT molecular complexity index is 455. The van der Waals surface area contributed by atoms with Crippen molar-refractivity contribution >= 4 is 11.6 Å². The van der Waals surface area contributed by atoms with Gasteiger partial charge in [-0.1, -0.05) is 37.5 Å². The summed E-state index contributed by atoms with van der Waals surface area (Å²) < 4.78 is 0. The highest BCUT2D eigenvalue weighted by atomic mass is 16.1. The Kier molecular flexibility index (Phi) is 6.21. The minimum atomic E-state index is 0.0681. The summed E-state index contributed by atoms with van der Waals surface area (Å²) in [6.45, 7) is 1.26. The quantitative estimate of drug-likeness (QED) is 0.846. The van der Waals surface area contributed by atoms with Gasteiger partial charge in [0, 0.05) is 31.2 Å². The first-order valence-electron chi connectivity index (χ1n) is 7.98. The Hall–Kier alpha value is -1.39. The summed E-state index contributed by atoms with van der Waals surface area (Å²) >= 11 is 0. The van der Waals surface area contributed by atoms with E-state index in [-0.39, 0.29) is 5.91 Å². The first-order valence-corrected chi connectivity index (χ1v) is 7.98. The molecule has 21 heavy (non-hydrogen) atoms. The van der Waals surface area contributed by atoms with E-state index in [0.29, 0.717) is 19.0 Å². The molecule has 0 heterocycles. The van der Waals surface area contributed by atoms with Crippen LogP contribution in [0.1, 0.15) is 44.1 Å². The lowest BCUT2D eigenvalue weighted by Gasteiger charge is -2.30. The van der Waals surface area contributed by atoms with Gasteiger partial charge in [0.15, 0.2) is 0 Å². The molecule has 1 aromatic carbocycles. The number of nitrogens with two attached hydrogens (primary N) is 1. The second-order valence-corrected chi connectivity index (χ2v) is 5.93. The van der Waals surface area contributed by atoms with Crippen LogP contribution >= 0.6 is 0 Å². The van der Waals surface area contributed by atoms with E-state index >= 15 is 0 Å². The average Bonchev–Trinajstić information content (AvgIpc) is 2.54. The van der Waals surface area contributed by atoms with Crippen LogP contribution in [-0.2, 0) is 11.3 Å². The second kappa shape index (κ2) is 8.15. The molecule has 116 valence electrons. The Morgan fingerprint density at radius 2 is 2.00 bits per heavy atom. The summed E-state index contributed by atoms with van der Waals surface area (Å²) in [7, 11) is 2.14. The predicted octanol–water partition coefficient (Wildman–Crippen LogP) is 2.74. The standard InChI is InChI=1S/C17H27N3O/c1-20(15-8-3-2-4-9-15)12-11-17(21)19-16-10-6-5-7-14(16)13-18/h5-7,10,15H,2-4,8-9,11-13,18H2,1H3,(H,19,21). The molecule has 0 aliphatic heterocycles. The number of amides is 1. The smallest absolute Gasteiger partial charge is 0.225 e. The Labute approximate surface area is 127 Å². The summed E-state index contributed by atoms with van der Waals surface area (Å²) in [6, 6.07) is 8.37.